The Labute approximate surface area is 140 Å². The van der Waals surface area contributed by atoms with E-state index in [1.165, 1.54) is 37.5 Å². The molecule has 1 amide bonds. The lowest BCUT2D eigenvalue weighted by molar-refractivity contribution is -0.386. The smallest absolute Gasteiger partial charge is 0.338 e. The highest BCUT2D eigenvalue weighted by Gasteiger charge is 2.19. The summed E-state index contributed by atoms with van der Waals surface area (Å²) in [7, 11) is 1.19. The highest BCUT2D eigenvalue weighted by molar-refractivity contribution is 7.13. The number of hydrogen-bond acceptors (Lipinski definition) is 8. The second-order valence-corrected chi connectivity index (χ2v) is 5.40. The summed E-state index contributed by atoms with van der Waals surface area (Å²) in [6.45, 7) is 1.35. The molecule has 0 fully saturated rings. The predicted molar refractivity (Wildman–Crippen MR) is 85.2 cm³/mol. The van der Waals surface area contributed by atoms with Crippen LogP contribution in [0.15, 0.2) is 23.6 Å². The Kier molecular flexibility index (Phi) is 5.42. The van der Waals surface area contributed by atoms with Gasteiger partial charge in [0, 0.05) is 18.4 Å². The maximum Gasteiger partial charge on any atom is 0.338 e. The Balaban J connectivity index is 2.14. The molecule has 10 heteroatoms. The van der Waals surface area contributed by atoms with Crippen molar-refractivity contribution in [2.75, 3.05) is 12.4 Å². The van der Waals surface area contributed by atoms with Crippen LogP contribution in [0.4, 0.5) is 10.8 Å². The molecule has 1 aromatic carbocycles. The number of hydrogen-bond donors (Lipinski definition) is 1. The molecule has 0 unspecified atom stereocenters. The van der Waals surface area contributed by atoms with Gasteiger partial charge in [-0.2, -0.15) is 0 Å². The third-order valence-corrected chi connectivity index (χ3v) is 3.59. The molecule has 0 aliphatic carbocycles. The summed E-state index contributed by atoms with van der Waals surface area (Å²) in [6.07, 6.45) is 0. The lowest BCUT2D eigenvalue weighted by Gasteiger charge is -2.06. The Bertz CT molecular complexity index is 789. The van der Waals surface area contributed by atoms with Crippen molar-refractivity contribution < 1.29 is 24.0 Å². The normalized spacial score (nSPS) is 10.1. The fourth-order valence-corrected chi connectivity index (χ4v) is 2.50. The molecule has 0 radical (unpaired) electrons. The van der Waals surface area contributed by atoms with Gasteiger partial charge in [-0.3, -0.25) is 14.9 Å². The van der Waals surface area contributed by atoms with Gasteiger partial charge in [0.1, 0.15) is 6.61 Å². The molecule has 1 N–H and O–H groups in total. The van der Waals surface area contributed by atoms with Crippen molar-refractivity contribution in [1.29, 1.82) is 0 Å². The minimum atomic E-state index is -0.677. The SMILES string of the molecule is COC(=O)c1ccc(OCc2csc(NC(C)=O)n2)c([N+](=O)[O-])c1. The van der Waals surface area contributed by atoms with Crippen molar-refractivity contribution in [1.82, 2.24) is 4.98 Å². The van der Waals surface area contributed by atoms with E-state index in [1.807, 2.05) is 0 Å². The average molecular weight is 351 g/mol. The van der Waals surface area contributed by atoms with Crippen LogP contribution in [0.2, 0.25) is 0 Å². The number of carbonyl (C=O) groups excluding carboxylic acids is 2. The summed E-state index contributed by atoms with van der Waals surface area (Å²) in [5, 5.41) is 15.7. The van der Waals surface area contributed by atoms with E-state index in [9.17, 15) is 19.7 Å². The van der Waals surface area contributed by atoms with Crippen molar-refractivity contribution in [2.45, 2.75) is 13.5 Å². The number of benzene rings is 1. The second-order valence-electron chi connectivity index (χ2n) is 4.55. The van der Waals surface area contributed by atoms with Gasteiger partial charge in [-0.05, 0) is 12.1 Å². The largest absolute Gasteiger partial charge is 0.480 e. The summed E-state index contributed by atoms with van der Waals surface area (Å²) in [5.74, 6) is -0.920. The van der Waals surface area contributed by atoms with E-state index in [2.05, 4.69) is 15.0 Å². The molecule has 24 heavy (non-hydrogen) atoms. The number of anilines is 1. The zero-order valence-electron chi connectivity index (χ0n) is 12.8. The van der Waals surface area contributed by atoms with Crippen molar-refractivity contribution in [2.24, 2.45) is 0 Å². The van der Waals surface area contributed by atoms with Gasteiger partial charge in [-0.15, -0.1) is 11.3 Å². The minimum absolute atomic E-state index is 0.00160. The van der Waals surface area contributed by atoms with Crippen LogP contribution in [0.5, 0.6) is 5.75 Å². The Hall–Kier alpha value is -3.01. The molecule has 0 saturated carbocycles. The molecule has 2 aromatic rings. The third kappa shape index (κ3) is 4.26. The van der Waals surface area contributed by atoms with Gasteiger partial charge in [-0.25, -0.2) is 9.78 Å². The molecule has 1 heterocycles. The Morgan fingerprint density at radius 3 is 2.79 bits per heavy atom. The number of thiazole rings is 1. The molecule has 9 nitrogen and oxygen atoms in total. The van der Waals surface area contributed by atoms with Gasteiger partial charge in [0.2, 0.25) is 5.91 Å². The van der Waals surface area contributed by atoms with Crippen molar-refractivity contribution in [3.05, 3.63) is 45.0 Å². The van der Waals surface area contributed by atoms with E-state index < -0.39 is 10.9 Å². The first-order chi connectivity index (χ1) is 11.4. The first kappa shape index (κ1) is 17.3. The number of nitro benzene ring substituents is 1. The number of amides is 1. The van der Waals surface area contributed by atoms with Crippen molar-refractivity contribution in [3.63, 3.8) is 0 Å². The predicted octanol–water partition coefficient (Wildman–Crippen LogP) is 2.38. The van der Waals surface area contributed by atoms with Gasteiger partial charge < -0.3 is 14.8 Å². The van der Waals surface area contributed by atoms with Crippen LogP contribution in [-0.2, 0) is 16.1 Å². The molecule has 2 rings (SSSR count). The van der Waals surface area contributed by atoms with Gasteiger partial charge >= 0.3 is 11.7 Å². The summed E-state index contributed by atoms with van der Waals surface area (Å²) < 4.78 is 9.94. The maximum absolute atomic E-state index is 11.4. The Morgan fingerprint density at radius 2 is 2.17 bits per heavy atom. The van der Waals surface area contributed by atoms with Gasteiger partial charge in [0.25, 0.3) is 0 Å². The number of ether oxygens (including phenoxy) is 2. The number of esters is 1. The lowest BCUT2D eigenvalue weighted by atomic mass is 10.2. The van der Waals surface area contributed by atoms with Crippen LogP contribution >= 0.6 is 11.3 Å². The van der Waals surface area contributed by atoms with Crippen LogP contribution in [0.3, 0.4) is 0 Å². The first-order valence-corrected chi connectivity index (χ1v) is 7.50. The van der Waals surface area contributed by atoms with Gasteiger partial charge in [0.15, 0.2) is 10.9 Å². The summed E-state index contributed by atoms with van der Waals surface area (Å²) in [6, 6.07) is 3.79. The molecule has 126 valence electrons. The topological polar surface area (TPSA) is 121 Å². The fraction of sp³-hybridized carbons (Fsp3) is 0.214. The molecular formula is C14H13N3O6S. The molecule has 0 saturated heterocycles. The molecule has 0 aliphatic heterocycles. The molecule has 1 aromatic heterocycles. The molecule has 0 spiro atoms. The maximum atomic E-state index is 11.4. The Morgan fingerprint density at radius 1 is 1.42 bits per heavy atom. The highest BCUT2D eigenvalue weighted by atomic mass is 32.1. The first-order valence-electron chi connectivity index (χ1n) is 6.62. The fourth-order valence-electron chi connectivity index (χ4n) is 1.76. The van der Waals surface area contributed by atoms with Crippen LogP contribution < -0.4 is 10.1 Å². The standard InChI is InChI=1S/C14H13N3O6S/c1-8(18)15-14-16-10(7-24-14)6-23-12-4-3-9(13(19)22-2)5-11(12)17(20)21/h3-5,7H,6H2,1-2H3,(H,15,16,18). The molecule has 0 atom stereocenters. The van der Waals surface area contributed by atoms with Crippen LogP contribution in [0.1, 0.15) is 23.0 Å². The van der Waals surface area contributed by atoms with Crippen LogP contribution in [-0.4, -0.2) is 28.9 Å². The third-order valence-electron chi connectivity index (χ3n) is 2.79. The number of rotatable bonds is 6. The number of methoxy groups -OCH3 is 1. The van der Waals surface area contributed by atoms with Gasteiger partial charge in [-0.1, -0.05) is 0 Å². The molecule has 0 aliphatic rings. The summed E-state index contributed by atoms with van der Waals surface area (Å²) in [4.78, 5) is 37.0. The van der Waals surface area contributed by atoms with E-state index in [1.54, 1.807) is 5.38 Å². The number of nitrogens with one attached hydrogen (secondary N) is 1. The lowest BCUT2D eigenvalue weighted by Crippen LogP contribution is -2.06. The van der Waals surface area contributed by atoms with Gasteiger partial charge in [0.05, 0.1) is 23.3 Å². The van der Waals surface area contributed by atoms with Crippen LogP contribution in [0, 0.1) is 10.1 Å². The zero-order valence-corrected chi connectivity index (χ0v) is 13.6. The second kappa shape index (κ2) is 7.51. The quantitative estimate of drug-likeness (QED) is 0.482. The van der Waals surface area contributed by atoms with E-state index in [-0.39, 0.29) is 29.5 Å². The number of nitro groups is 1. The number of carbonyl (C=O) groups is 2. The number of nitrogens with zero attached hydrogens (tertiary/aromatic N) is 2. The van der Waals surface area contributed by atoms with Crippen molar-refractivity contribution >= 4 is 34.0 Å². The monoisotopic (exact) mass is 351 g/mol. The van der Waals surface area contributed by atoms with E-state index in [4.69, 9.17) is 4.74 Å². The molecule has 0 bridgehead atoms. The number of aromatic nitrogens is 1. The average Bonchev–Trinajstić information content (AvgIpc) is 2.98. The zero-order chi connectivity index (χ0) is 17.7. The van der Waals surface area contributed by atoms with Crippen LogP contribution in [0.25, 0.3) is 0 Å². The summed E-state index contributed by atoms with van der Waals surface area (Å²) >= 11 is 1.21. The summed E-state index contributed by atoms with van der Waals surface area (Å²) in [5.41, 5.74) is 0.212. The highest BCUT2D eigenvalue weighted by Crippen LogP contribution is 2.29. The minimum Gasteiger partial charge on any atom is -0.480 e. The van der Waals surface area contributed by atoms with E-state index in [0.717, 1.165) is 6.07 Å². The van der Waals surface area contributed by atoms with E-state index >= 15 is 0 Å². The molecular weight excluding hydrogens is 338 g/mol. The van der Waals surface area contributed by atoms with E-state index in [0.29, 0.717) is 10.8 Å². The van der Waals surface area contributed by atoms with Crippen molar-refractivity contribution in [3.8, 4) is 5.75 Å².